The van der Waals surface area contributed by atoms with Crippen LogP contribution in [0.1, 0.15) is 48.5 Å². The lowest BCUT2D eigenvalue weighted by Crippen LogP contribution is -1.81. The van der Waals surface area contributed by atoms with Gasteiger partial charge >= 0.3 is 0 Å². The Labute approximate surface area is 132 Å². The van der Waals surface area contributed by atoms with Crippen molar-refractivity contribution < 1.29 is 0 Å². The lowest BCUT2D eigenvalue weighted by atomic mass is 10.1. The number of nitriles is 1. The number of nitrogens with zero attached hydrogens (tertiary/aromatic N) is 1. The van der Waals surface area contributed by atoms with Crippen LogP contribution in [-0.4, -0.2) is 0 Å². The fourth-order valence-corrected chi connectivity index (χ4v) is 1.15. The third-order valence-electron chi connectivity index (χ3n) is 2.18. The molecule has 0 fully saturated rings. The summed E-state index contributed by atoms with van der Waals surface area (Å²) in [4.78, 5) is 0. The zero-order valence-electron chi connectivity index (χ0n) is 14.8. The van der Waals surface area contributed by atoms with Crippen molar-refractivity contribution in [2.24, 2.45) is 0 Å². The smallest absolute Gasteiger partial charge is 0.0991 e. The molecule has 0 N–H and O–H groups in total. The molecule has 0 saturated heterocycles. The van der Waals surface area contributed by atoms with Crippen molar-refractivity contribution in [3.8, 4) is 6.07 Å². The van der Waals surface area contributed by atoms with Crippen molar-refractivity contribution in [2.45, 2.75) is 48.5 Å². The Balaban J connectivity index is -0.000000739. The normalized spacial score (nSPS) is 11.6. The summed E-state index contributed by atoms with van der Waals surface area (Å²) < 4.78 is 0. The minimum absolute atomic E-state index is 0.559. The number of hydrogen-bond donors (Lipinski definition) is 0. The molecule has 0 bridgehead atoms. The van der Waals surface area contributed by atoms with Crippen LogP contribution >= 0.6 is 0 Å². The Morgan fingerprint density at radius 1 is 1.00 bits per heavy atom. The fourth-order valence-electron chi connectivity index (χ4n) is 1.15. The van der Waals surface area contributed by atoms with Gasteiger partial charge in [-0.15, -0.1) is 0 Å². The maximum Gasteiger partial charge on any atom is 0.0991 e. The minimum atomic E-state index is 0.559. The molecular weight excluding hydrogens is 254 g/mol. The molecule has 0 aliphatic carbocycles. The Bertz CT molecular complexity index is 449. The van der Waals surface area contributed by atoms with Crippen molar-refractivity contribution >= 4 is 0 Å². The van der Waals surface area contributed by atoms with Gasteiger partial charge in [0.15, 0.2) is 0 Å². The maximum atomic E-state index is 8.75. The van der Waals surface area contributed by atoms with E-state index in [0.29, 0.717) is 5.57 Å². The summed E-state index contributed by atoms with van der Waals surface area (Å²) in [6, 6.07) is 2.06. The van der Waals surface area contributed by atoms with Crippen LogP contribution in [0, 0.1) is 11.3 Å². The van der Waals surface area contributed by atoms with Gasteiger partial charge in [0.1, 0.15) is 0 Å². The molecule has 0 saturated carbocycles. The quantitative estimate of drug-likeness (QED) is 0.407. The second-order valence-electron chi connectivity index (χ2n) is 3.71. The molecule has 0 rings (SSSR count). The molecule has 0 amide bonds. The van der Waals surface area contributed by atoms with E-state index in [2.05, 4.69) is 19.2 Å². The summed E-state index contributed by atoms with van der Waals surface area (Å²) in [5.41, 5.74) is 3.78. The molecule has 0 radical (unpaired) electrons. The van der Waals surface area contributed by atoms with Gasteiger partial charge < -0.3 is 0 Å². The van der Waals surface area contributed by atoms with Crippen molar-refractivity contribution in [3.63, 3.8) is 0 Å². The van der Waals surface area contributed by atoms with Gasteiger partial charge in [-0.1, -0.05) is 76.8 Å². The number of hydrogen-bond acceptors (Lipinski definition) is 1. The van der Waals surface area contributed by atoms with E-state index in [1.807, 2.05) is 72.8 Å². The molecule has 0 unspecified atom stereocenters. The summed E-state index contributed by atoms with van der Waals surface area (Å²) in [6.45, 7) is 21.3. The van der Waals surface area contributed by atoms with Crippen LogP contribution in [0.2, 0.25) is 0 Å². The highest BCUT2D eigenvalue weighted by Crippen LogP contribution is 2.12. The molecule has 21 heavy (non-hydrogen) atoms. The first-order valence-electron chi connectivity index (χ1n) is 7.46. The highest BCUT2D eigenvalue weighted by Gasteiger charge is 1.93. The van der Waals surface area contributed by atoms with Crippen LogP contribution in [0.5, 0.6) is 0 Å². The molecule has 0 aliphatic heterocycles. The minimum Gasteiger partial charge on any atom is -0.192 e. The van der Waals surface area contributed by atoms with E-state index in [4.69, 9.17) is 5.26 Å². The van der Waals surface area contributed by atoms with Gasteiger partial charge in [-0.05, 0) is 38.0 Å². The van der Waals surface area contributed by atoms with Crippen LogP contribution in [0.15, 0.2) is 71.9 Å². The third kappa shape index (κ3) is 14.2. The van der Waals surface area contributed by atoms with E-state index in [1.165, 1.54) is 0 Å². The highest BCUT2D eigenvalue weighted by atomic mass is 14.2. The van der Waals surface area contributed by atoms with E-state index in [-0.39, 0.29) is 0 Å². The monoisotopic (exact) mass is 285 g/mol. The average molecular weight is 285 g/mol. The molecule has 0 aromatic heterocycles. The van der Waals surface area contributed by atoms with E-state index in [1.54, 1.807) is 12.2 Å². The van der Waals surface area contributed by atoms with Crippen LogP contribution in [-0.2, 0) is 0 Å². The SMILES string of the molecule is C=C\C(C#N)=C/C=C(C)/C(/C=C\C(=C)C)=C/C.CC.CC. The van der Waals surface area contributed by atoms with Crippen LogP contribution in [0.4, 0.5) is 0 Å². The third-order valence-corrected chi connectivity index (χ3v) is 2.18. The summed E-state index contributed by atoms with van der Waals surface area (Å²) in [5, 5.41) is 8.75. The van der Waals surface area contributed by atoms with Crippen molar-refractivity contribution in [3.05, 3.63) is 71.9 Å². The number of rotatable bonds is 5. The maximum absolute atomic E-state index is 8.75. The van der Waals surface area contributed by atoms with Crippen LogP contribution in [0.3, 0.4) is 0 Å². The molecule has 0 aromatic carbocycles. The standard InChI is InChI=1S/C16H19N.2C2H6/c1-6-15(12-17)10-9-14(5)16(7-2)11-8-13(3)4;2*1-2/h6-11H,1,3H2,2,4-5H3;2*1-2H3/b11-8-,14-9+,15-10+,16-7+;;. The first-order chi connectivity index (χ1) is 10.0. The Kier molecular flexibility index (Phi) is 20.5. The van der Waals surface area contributed by atoms with Gasteiger partial charge in [-0.3, -0.25) is 0 Å². The Morgan fingerprint density at radius 2 is 1.52 bits per heavy atom. The molecular formula is C20H31N. The second kappa shape index (κ2) is 17.9. The molecule has 116 valence electrons. The van der Waals surface area contributed by atoms with Crippen LogP contribution in [0.25, 0.3) is 0 Å². The van der Waals surface area contributed by atoms with E-state index in [9.17, 15) is 0 Å². The highest BCUT2D eigenvalue weighted by molar-refractivity contribution is 5.44. The van der Waals surface area contributed by atoms with Gasteiger partial charge in [0.2, 0.25) is 0 Å². The molecule has 0 aromatic rings. The summed E-state index contributed by atoms with van der Waals surface area (Å²) in [5.74, 6) is 0. The van der Waals surface area contributed by atoms with E-state index < -0.39 is 0 Å². The first kappa shape index (κ1) is 24.0. The van der Waals surface area contributed by atoms with Crippen molar-refractivity contribution in [1.82, 2.24) is 0 Å². The largest absolute Gasteiger partial charge is 0.192 e. The summed E-state index contributed by atoms with van der Waals surface area (Å²) in [7, 11) is 0. The Morgan fingerprint density at radius 3 is 1.86 bits per heavy atom. The zero-order chi connectivity index (χ0) is 17.3. The summed E-state index contributed by atoms with van der Waals surface area (Å²) >= 11 is 0. The predicted molar refractivity (Wildman–Crippen MR) is 98.1 cm³/mol. The topological polar surface area (TPSA) is 23.8 Å². The lowest BCUT2D eigenvalue weighted by molar-refractivity contribution is 1.39. The molecule has 1 nitrogen and oxygen atoms in total. The summed E-state index contributed by atoms with van der Waals surface area (Å²) in [6.07, 6.45) is 11.2. The van der Waals surface area contributed by atoms with Crippen LogP contribution < -0.4 is 0 Å². The Hall–Kier alpha value is -2.07. The van der Waals surface area contributed by atoms with Gasteiger partial charge in [-0.2, -0.15) is 5.26 Å². The van der Waals surface area contributed by atoms with Crippen molar-refractivity contribution in [1.29, 1.82) is 5.26 Å². The zero-order valence-corrected chi connectivity index (χ0v) is 14.8. The molecule has 0 heterocycles. The van der Waals surface area contributed by atoms with Gasteiger partial charge in [0.25, 0.3) is 0 Å². The van der Waals surface area contributed by atoms with Crippen molar-refractivity contribution in [2.75, 3.05) is 0 Å². The average Bonchev–Trinajstić information content (AvgIpc) is 2.52. The molecule has 0 spiro atoms. The number of allylic oxidation sites excluding steroid dienone is 10. The second-order valence-corrected chi connectivity index (χ2v) is 3.71. The van der Waals surface area contributed by atoms with E-state index in [0.717, 1.165) is 16.7 Å². The molecule has 0 aliphatic rings. The van der Waals surface area contributed by atoms with Gasteiger partial charge in [0, 0.05) is 0 Å². The lowest BCUT2D eigenvalue weighted by Gasteiger charge is -2.00. The first-order valence-corrected chi connectivity index (χ1v) is 7.46. The molecule has 1 heteroatoms. The van der Waals surface area contributed by atoms with Gasteiger partial charge in [-0.25, -0.2) is 0 Å². The van der Waals surface area contributed by atoms with Gasteiger partial charge in [0.05, 0.1) is 11.6 Å². The predicted octanol–water partition coefficient (Wildman–Crippen LogP) is 6.70. The molecule has 0 atom stereocenters. The van der Waals surface area contributed by atoms with E-state index >= 15 is 0 Å². The fraction of sp³-hybridized carbons (Fsp3) is 0.350.